The molecule has 3 aromatic rings. The van der Waals surface area contributed by atoms with E-state index in [1.807, 2.05) is 37.2 Å². The van der Waals surface area contributed by atoms with Crippen LogP contribution in [0.4, 0.5) is 10.8 Å². The van der Waals surface area contributed by atoms with Crippen LogP contribution in [0.25, 0.3) is 16.3 Å². The van der Waals surface area contributed by atoms with Gasteiger partial charge in [-0.05, 0) is 50.0 Å². The van der Waals surface area contributed by atoms with Crippen molar-refractivity contribution in [3.8, 4) is 5.75 Å². The summed E-state index contributed by atoms with van der Waals surface area (Å²) in [7, 11) is 5.48. The van der Waals surface area contributed by atoms with E-state index >= 15 is 0 Å². The van der Waals surface area contributed by atoms with Gasteiger partial charge in [-0.25, -0.2) is 4.98 Å². The molecule has 0 unspecified atom stereocenters. The van der Waals surface area contributed by atoms with Crippen molar-refractivity contribution >= 4 is 44.4 Å². The van der Waals surface area contributed by atoms with Gasteiger partial charge in [0.25, 0.3) is 11.6 Å². The molecule has 0 fully saturated rings. The van der Waals surface area contributed by atoms with E-state index in [1.165, 1.54) is 29.5 Å². The van der Waals surface area contributed by atoms with Gasteiger partial charge in [0.1, 0.15) is 11.3 Å². The molecule has 3 rings (SSSR count). The zero-order valence-corrected chi connectivity index (χ0v) is 17.8. The van der Waals surface area contributed by atoms with Crippen molar-refractivity contribution in [2.75, 3.05) is 39.2 Å². The number of nitro groups is 1. The average molecular weight is 426 g/mol. The van der Waals surface area contributed by atoms with Crippen molar-refractivity contribution in [2.45, 2.75) is 0 Å². The Kier molecular flexibility index (Phi) is 6.76. The van der Waals surface area contributed by atoms with Gasteiger partial charge in [-0.1, -0.05) is 17.4 Å². The summed E-state index contributed by atoms with van der Waals surface area (Å²) in [5.74, 6) is 0.449. The largest absolute Gasteiger partial charge is 0.494 e. The Labute approximate surface area is 178 Å². The summed E-state index contributed by atoms with van der Waals surface area (Å²) in [6.07, 6.45) is 3.10. The lowest BCUT2D eigenvalue weighted by molar-refractivity contribution is -0.384. The minimum absolute atomic E-state index is 0.00880. The van der Waals surface area contributed by atoms with Crippen LogP contribution >= 0.6 is 11.3 Å². The minimum Gasteiger partial charge on any atom is -0.494 e. The second-order valence-corrected chi connectivity index (χ2v) is 7.79. The molecule has 8 nitrogen and oxygen atoms in total. The smallest absolute Gasteiger partial charge is 0.269 e. The van der Waals surface area contributed by atoms with Crippen LogP contribution in [0.3, 0.4) is 0 Å². The first-order chi connectivity index (χ1) is 14.4. The molecule has 0 radical (unpaired) electrons. The average Bonchev–Trinajstić information content (AvgIpc) is 3.16. The van der Waals surface area contributed by atoms with E-state index < -0.39 is 4.92 Å². The SMILES string of the molecule is COc1cccc2sc(N(CCN(C)C)C(=O)C=Cc3ccc([N+](=O)[O-])cc3)nc12. The second-order valence-electron chi connectivity index (χ2n) is 6.78. The van der Waals surface area contributed by atoms with Gasteiger partial charge in [-0.2, -0.15) is 0 Å². The molecule has 30 heavy (non-hydrogen) atoms. The first-order valence-corrected chi connectivity index (χ1v) is 10.0. The van der Waals surface area contributed by atoms with E-state index in [-0.39, 0.29) is 11.6 Å². The Hall–Kier alpha value is -3.30. The highest BCUT2D eigenvalue weighted by molar-refractivity contribution is 7.22. The maximum Gasteiger partial charge on any atom is 0.269 e. The van der Waals surface area contributed by atoms with Crippen molar-refractivity contribution in [1.82, 2.24) is 9.88 Å². The number of thiazole rings is 1. The zero-order chi connectivity index (χ0) is 21.7. The predicted octanol–water partition coefficient (Wildman–Crippen LogP) is 3.82. The Bertz CT molecular complexity index is 1080. The zero-order valence-electron chi connectivity index (χ0n) is 16.9. The number of nitrogens with zero attached hydrogens (tertiary/aromatic N) is 4. The first kappa shape index (κ1) is 21.4. The van der Waals surface area contributed by atoms with Gasteiger partial charge in [0, 0.05) is 31.3 Å². The lowest BCUT2D eigenvalue weighted by Crippen LogP contribution is -2.35. The Morgan fingerprint density at radius 2 is 1.93 bits per heavy atom. The summed E-state index contributed by atoms with van der Waals surface area (Å²) in [5.41, 5.74) is 1.43. The maximum absolute atomic E-state index is 13.0. The number of ether oxygens (including phenoxy) is 1. The van der Waals surface area contributed by atoms with E-state index in [2.05, 4.69) is 4.98 Å². The fraction of sp³-hybridized carbons (Fsp3) is 0.238. The summed E-state index contributed by atoms with van der Waals surface area (Å²) >= 11 is 1.43. The van der Waals surface area contributed by atoms with Gasteiger partial charge >= 0.3 is 0 Å². The molecule has 0 atom stereocenters. The Morgan fingerprint density at radius 3 is 2.57 bits per heavy atom. The number of para-hydroxylation sites is 1. The van der Waals surface area contributed by atoms with Crippen LogP contribution in [0.1, 0.15) is 5.56 Å². The topological polar surface area (TPSA) is 88.8 Å². The number of aromatic nitrogens is 1. The number of hydrogen-bond acceptors (Lipinski definition) is 7. The fourth-order valence-corrected chi connectivity index (χ4v) is 3.77. The molecule has 1 amide bonds. The number of likely N-dealkylation sites (N-methyl/N-ethyl adjacent to an activating group) is 1. The fourth-order valence-electron chi connectivity index (χ4n) is 2.76. The monoisotopic (exact) mass is 426 g/mol. The van der Waals surface area contributed by atoms with E-state index in [4.69, 9.17) is 4.74 Å². The summed E-state index contributed by atoms with van der Waals surface area (Å²) < 4.78 is 6.32. The van der Waals surface area contributed by atoms with Crippen LogP contribution < -0.4 is 9.64 Å². The normalized spacial score (nSPS) is 11.3. The number of anilines is 1. The molecule has 0 spiro atoms. The number of carbonyl (C=O) groups is 1. The van der Waals surface area contributed by atoms with Gasteiger partial charge in [0.2, 0.25) is 0 Å². The minimum atomic E-state index is -0.455. The highest BCUT2D eigenvalue weighted by atomic mass is 32.1. The number of rotatable bonds is 8. The molecule has 156 valence electrons. The number of carbonyl (C=O) groups excluding carboxylic acids is 1. The lowest BCUT2D eigenvalue weighted by Gasteiger charge is -2.20. The molecule has 0 saturated carbocycles. The molecule has 0 aliphatic carbocycles. The van der Waals surface area contributed by atoms with Crippen LogP contribution in [-0.2, 0) is 4.79 Å². The van der Waals surface area contributed by atoms with Gasteiger partial charge in [-0.3, -0.25) is 19.8 Å². The number of methoxy groups -OCH3 is 1. The highest BCUT2D eigenvalue weighted by Gasteiger charge is 2.19. The van der Waals surface area contributed by atoms with Crippen molar-refractivity contribution in [3.05, 3.63) is 64.2 Å². The summed E-state index contributed by atoms with van der Waals surface area (Å²) in [5, 5.41) is 11.4. The summed E-state index contributed by atoms with van der Waals surface area (Å²) in [6, 6.07) is 11.7. The highest BCUT2D eigenvalue weighted by Crippen LogP contribution is 2.34. The van der Waals surface area contributed by atoms with Crippen LogP contribution in [0.15, 0.2) is 48.5 Å². The van der Waals surface area contributed by atoms with Crippen LogP contribution in [0, 0.1) is 10.1 Å². The first-order valence-electron chi connectivity index (χ1n) is 9.21. The predicted molar refractivity (Wildman–Crippen MR) is 119 cm³/mol. The molecule has 1 heterocycles. The molecule has 0 saturated heterocycles. The molecule has 0 bridgehead atoms. The third kappa shape index (κ3) is 5.00. The molecule has 0 aliphatic heterocycles. The quantitative estimate of drug-likeness (QED) is 0.309. The van der Waals surface area contributed by atoms with E-state index in [0.717, 1.165) is 10.2 Å². The number of nitro benzene ring substituents is 1. The van der Waals surface area contributed by atoms with E-state index in [0.29, 0.717) is 29.5 Å². The van der Waals surface area contributed by atoms with Crippen molar-refractivity contribution in [1.29, 1.82) is 0 Å². The van der Waals surface area contributed by atoms with Crippen molar-refractivity contribution in [3.63, 3.8) is 0 Å². The number of fused-ring (bicyclic) bond motifs is 1. The number of non-ortho nitro benzene ring substituents is 1. The third-order valence-corrected chi connectivity index (χ3v) is 5.42. The van der Waals surface area contributed by atoms with E-state index in [1.54, 1.807) is 30.2 Å². The van der Waals surface area contributed by atoms with Crippen LogP contribution in [-0.4, -0.2) is 55.0 Å². The molecule has 0 aliphatic rings. The summed E-state index contributed by atoms with van der Waals surface area (Å²) in [4.78, 5) is 31.6. The molecule has 2 aromatic carbocycles. The van der Waals surface area contributed by atoms with Gasteiger partial charge in [0.15, 0.2) is 5.13 Å². The third-order valence-electron chi connectivity index (χ3n) is 4.38. The van der Waals surface area contributed by atoms with Crippen LogP contribution in [0.2, 0.25) is 0 Å². The number of benzene rings is 2. The standard InChI is InChI=1S/C21H22N4O4S/c1-23(2)13-14-24(21-22-20-17(29-3)5-4-6-18(20)30-21)19(26)12-9-15-7-10-16(11-8-15)25(27)28/h4-12H,13-14H2,1-3H3. The maximum atomic E-state index is 13.0. The van der Waals surface area contributed by atoms with Gasteiger partial charge < -0.3 is 9.64 Å². The molecular weight excluding hydrogens is 404 g/mol. The number of hydrogen-bond donors (Lipinski definition) is 0. The molecule has 9 heteroatoms. The Balaban J connectivity index is 1.87. The van der Waals surface area contributed by atoms with Crippen molar-refractivity contribution < 1.29 is 14.5 Å². The molecule has 0 N–H and O–H groups in total. The van der Waals surface area contributed by atoms with Gasteiger partial charge in [0.05, 0.1) is 16.7 Å². The molecular formula is C21H22N4O4S. The lowest BCUT2D eigenvalue weighted by atomic mass is 10.2. The van der Waals surface area contributed by atoms with Crippen molar-refractivity contribution in [2.24, 2.45) is 0 Å². The Morgan fingerprint density at radius 1 is 1.20 bits per heavy atom. The summed E-state index contributed by atoms with van der Waals surface area (Å²) in [6.45, 7) is 1.14. The van der Waals surface area contributed by atoms with Crippen LogP contribution in [0.5, 0.6) is 5.75 Å². The second kappa shape index (κ2) is 9.47. The van der Waals surface area contributed by atoms with E-state index in [9.17, 15) is 14.9 Å². The van der Waals surface area contributed by atoms with Gasteiger partial charge in [-0.15, -0.1) is 0 Å². The number of amides is 1. The molecule has 1 aromatic heterocycles.